The Morgan fingerprint density at radius 2 is 2.17 bits per heavy atom. The minimum absolute atomic E-state index is 0.0245. The van der Waals surface area contributed by atoms with Crippen LogP contribution < -0.4 is 0 Å². The van der Waals surface area contributed by atoms with E-state index in [4.69, 9.17) is 4.52 Å². The van der Waals surface area contributed by atoms with Crippen LogP contribution in [0, 0.1) is 26.7 Å². The molecular weight excluding hydrogens is 328 g/mol. The fourth-order valence-electron chi connectivity index (χ4n) is 3.26. The van der Waals surface area contributed by atoms with Crippen LogP contribution in [0.3, 0.4) is 0 Å². The number of carbonyl (C=O) groups excluding carboxylic acids is 1. The molecule has 1 aliphatic heterocycles. The Morgan fingerprint density at radius 3 is 2.71 bits per heavy atom. The molecule has 0 saturated carbocycles. The normalized spacial score (nSPS) is 21.3. The average molecular weight is 348 g/mol. The Balaban J connectivity index is 2.01. The largest absolute Gasteiger partial charge is 0.481 e. The van der Waals surface area contributed by atoms with Crippen molar-refractivity contribution in [2.24, 2.45) is 5.92 Å². The second kappa shape index (κ2) is 6.39. The van der Waals surface area contributed by atoms with Gasteiger partial charge in [-0.15, -0.1) is 11.3 Å². The summed E-state index contributed by atoms with van der Waals surface area (Å²) in [5.74, 6) is -0.814. The van der Waals surface area contributed by atoms with Gasteiger partial charge in [0.2, 0.25) is 5.91 Å². The number of aromatic nitrogens is 1. The number of carboxylic acids is 1. The lowest BCUT2D eigenvalue weighted by molar-refractivity contribution is -0.152. The predicted octanol–water partition coefficient (Wildman–Crippen LogP) is 3.23. The second-order valence-electron chi connectivity index (χ2n) is 6.20. The van der Waals surface area contributed by atoms with Crippen LogP contribution in [0.25, 0.3) is 0 Å². The Hall–Kier alpha value is -2.15. The molecule has 1 N–H and O–H groups in total. The van der Waals surface area contributed by atoms with E-state index < -0.39 is 17.9 Å². The lowest BCUT2D eigenvalue weighted by atomic mass is 9.87. The molecule has 2 unspecified atom stereocenters. The summed E-state index contributed by atoms with van der Waals surface area (Å²) in [7, 11) is 0. The van der Waals surface area contributed by atoms with Crippen molar-refractivity contribution in [3.8, 4) is 0 Å². The predicted molar refractivity (Wildman–Crippen MR) is 88.7 cm³/mol. The number of carbonyl (C=O) groups is 2. The molecule has 1 aliphatic rings. The first-order chi connectivity index (χ1) is 11.4. The van der Waals surface area contributed by atoms with Gasteiger partial charge in [-0.25, -0.2) is 0 Å². The van der Waals surface area contributed by atoms with Crippen LogP contribution in [0.2, 0.25) is 0 Å². The third kappa shape index (κ3) is 2.96. The molecular formula is C17H20N2O4S. The monoisotopic (exact) mass is 348 g/mol. The molecule has 128 valence electrons. The number of hydrogen-bond acceptors (Lipinski definition) is 5. The average Bonchev–Trinajstić information content (AvgIpc) is 3.08. The molecule has 0 bridgehead atoms. The summed E-state index contributed by atoms with van der Waals surface area (Å²) in [4.78, 5) is 28.1. The number of rotatable bonds is 4. The van der Waals surface area contributed by atoms with Crippen molar-refractivity contribution in [3.63, 3.8) is 0 Å². The zero-order chi connectivity index (χ0) is 17.4. The van der Waals surface area contributed by atoms with Crippen molar-refractivity contribution >= 4 is 23.2 Å². The van der Waals surface area contributed by atoms with Crippen LogP contribution in [0.1, 0.15) is 45.7 Å². The van der Waals surface area contributed by atoms with Gasteiger partial charge < -0.3 is 14.5 Å². The Labute approximate surface area is 144 Å². The first-order valence-corrected chi connectivity index (χ1v) is 8.70. The molecule has 0 radical (unpaired) electrons. The summed E-state index contributed by atoms with van der Waals surface area (Å²) in [6.45, 7) is 5.95. The van der Waals surface area contributed by atoms with E-state index in [0.29, 0.717) is 18.7 Å². The first-order valence-electron chi connectivity index (χ1n) is 7.89. The maximum absolute atomic E-state index is 12.6. The van der Waals surface area contributed by atoms with Crippen molar-refractivity contribution in [2.75, 3.05) is 0 Å². The Bertz CT molecular complexity index is 760. The van der Waals surface area contributed by atoms with Gasteiger partial charge in [-0.05, 0) is 39.3 Å². The number of likely N-dealkylation sites (tertiary alicyclic amines) is 1. The highest BCUT2D eigenvalue weighted by Gasteiger charge is 2.41. The summed E-state index contributed by atoms with van der Waals surface area (Å²) in [5, 5.41) is 13.6. The van der Waals surface area contributed by atoms with Crippen LogP contribution in [0.4, 0.5) is 0 Å². The summed E-state index contributed by atoms with van der Waals surface area (Å²) in [5.41, 5.74) is 1.59. The minimum atomic E-state index is -0.859. The maximum atomic E-state index is 12.6. The van der Waals surface area contributed by atoms with Crippen LogP contribution in [0.15, 0.2) is 16.7 Å². The SMILES string of the molecule is Cc1ccc(C2C(C(=O)O)CCC(=O)N2Cc2c(C)noc2C)s1. The Morgan fingerprint density at radius 1 is 1.42 bits per heavy atom. The van der Waals surface area contributed by atoms with E-state index in [2.05, 4.69) is 5.16 Å². The minimum Gasteiger partial charge on any atom is -0.481 e. The van der Waals surface area contributed by atoms with Gasteiger partial charge in [-0.1, -0.05) is 5.16 Å². The molecule has 1 fully saturated rings. The zero-order valence-corrected chi connectivity index (χ0v) is 14.7. The van der Waals surface area contributed by atoms with E-state index in [1.807, 2.05) is 32.9 Å². The van der Waals surface area contributed by atoms with E-state index in [0.717, 1.165) is 21.0 Å². The van der Waals surface area contributed by atoms with Crippen molar-refractivity contribution in [2.45, 2.75) is 46.2 Å². The molecule has 1 saturated heterocycles. The zero-order valence-electron chi connectivity index (χ0n) is 13.9. The lowest BCUT2D eigenvalue weighted by Crippen LogP contribution is -2.44. The van der Waals surface area contributed by atoms with E-state index in [1.165, 1.54) is 0 Å². The summed E-state index contributed by atoms with van der Waals surface area (Å²) < 4.78 is 5.19. The van der Waals surface area contributed by atoms with Gasteiger partial charge in [0.1, 0.15) is 5.76 Å². The number of hydrogen-bond donors (Lipinski definition) is 1. The quantitative estimate of drug-likeness (QED) is 0.917. The molecule has 2 aromatic heterocycles. The van der Waals surface area contributed by atoms with E-state index in [-0.39, 0.29) is 12.3 Å². The standard InChI is InChI=1S/C17H20N2O4S/c1-9-4-6-14(24-9)16-12(17(21)22)5-7-15(20)19(16)8-13-10(2)18-23-11(13)3/h4,6,12,16H,5,7-8H2,1-3H3,(H,21,22). The molecule has 6 nitrogen and oxygen atoms in total. The number of aliphatic carboxylic acids is 1. The topological polar surface area (TPSA) is 83.6 Å². The van der Waals surface area contributed by atoms with Crippen molar-refractivity contribution in [1.82, 2.24) is 10.1 Å². The fraction of sp³-hybridized carbons (Fsp3) is 0.471. The van der Waals surface area contributed by atoms with Crippen LogP contribution in [-0.2, 0) is 16.1 Å². The van der Waals surface area contributed by atoms with Gasteiger partial charge in [0.05, 0.1) is 24.2 Å². The molecule has 3 heterocycles. The number of carboxylic acid groups (broad SMARTS) is 1. The highest BCUT2D eigenvalue weighted by Crippen LogP contribution is 2.41. The molecule has 1 amide bonds. The molecule has 2 aromatic rings. The summed E-state index contributed by atoms with van der Waals surface area (Å²) >= 11 is 1.55. The van der Waals surface area contributed by atoms with Crippen molar-refractivity contribution in [3.05, 3.63) is 38.9 Å². The van der Waals surface area contributed by atoms with Gasteiger partial charge in [-0.3, -0.25) is 9.59 Å². The number of thiophene rings is 1. The molecule has 0 aromatic carbocycles. The maximum Gasteiger partial charge on any atom is 0.308 e. The van der Waals surface area contributed by atoms with Gasteiger partial charge in [0.15, 0.2) is 0 Å². The second-order valence-corrected chi connectivity index (χ2v) is 7.52. The smallest absolute Gasteiger partial charge is 0.308 e. The third-order valence-corrected chi connectivity index (χ3v) is 5.66. The number of aryl methyl sites for hydroxylation is 3. The fourth-order valence-corrected chi connectivity index (χ4v) is 4.32. The summed E-state index contributed by atoms with van der Waals surface area (Å²) in [6, 6.07) is 3.45. The van der Waals surface area contributed by atoms with E-state index in [1.54, 1.807) is 16.2 Å². The molecule has 0 spiro atoms. The van der Waals surface area contributed by atoms with Crippen LogP contribution in [0.5, 0.6) is 0 Å². The molecule has 0 aliphatic carbocycles. The van der Waals surface area contributed by atoms with Gasteiger partial charge >= 0.3 is 5.97 Å². The van der Waals surface area contributed by atoms with Crippen LogP contribution >= 0.6 is 11.3 Å². The number of piperidine rings is 1. The van der Waals surface area contributed by atoms with E-state index >= 15 is 0 Å². The highest BCUT2D eigenvalue weighted by atomic mass is 32.1. The first kappa shape index (κ1) is 16.7. The molecule has 7 heteroatoms. The third-order valence-electron chi connectivity index (χ3n) is 4.59. The molecule has 24 heavy (non-hydrogen) atoms. The lowest BCUT2D eigenvalue weighted by Gasteiger charge is -2.39. The van der Waals surface area contributed by atoms with Gasteiger partial charge in [0, 0.05) is 21.7 Å². The number of amides is 1. The highest BCUT2D eigenvalue weighted by molar-refractivity contribution is 7.12. The molecule has 3 rings (SSSR count). The summed E-state index contributed by atoms with van der Waals surface area (Å²) in [6.07, 6.45) is 0.620. The van der Waals surface area contributed by atoms with E-state index in [9.17, 15) is 14.7 Å². The van der Waals surface area contributed by atoms with Crippen molar-refractivity contribution in [1.29, 1.82) is 0 Å². The van der Waals surface area contributed by atoms with Crippen LogP contribution in [-0.4, -0.2) is 27.0 Å². The molecule has 2 atom stereocenters. The number of nitrogens with zero attached hydrogens (tertiary/aromatic N) is 2. The van der Waals surface area contributed by atoms with Gasteiger partial charge in [0.25, 0.3) is 0 Å². The Kier molecular flexibility index (Phi) is 4.45. The van der Waals surface area contributed by atoms with Crippen molar-refractivity contribution < 1.29 is 19.2 Å². The van der Waals surface area contributed by atoms with Gasteiger partial charge in [-0.2, -0.15) is 0 Å².